The van der Waals surface area contributed by atoms with Crippen LogP contribution in [0.2, 0.25) is 0 Å². The third-order valence-electron chi connectivity index (χ3n) is 3.42. The minimum absolute atomic E-state index is 0.405. The third-order valence-corrected chi connectivity index (χ3v) is 3.42. The first-order valence-corrected chi connectivity index (χ1v) is 7.14. The maximum atomic E-state index is 11.3. The summed E-state index contributed by atoms with van der Waals surface area (Å²) in [7, 11) is 1.34. The van der Waals surface area contributed by atoms with Gasteiger partial charge in [-0.15, -0.1) is 0 Å². The predicted octanol–water partition coefficient (Wildman–Crippen LogP) is 3.71. The molecule has 5 heteroatoms. The van der Waals surface area contributed by atoms with Crippen LogP contribution < -0.4 is 0 Å². The van der Waals surface area contributed by atoms with E-state index in [1.54, 1.807) is 17.8 Å². The van der Waals surface area contributed by atoms with Crippen LogP contribution in [0.15, 0.2) is 65.4 Å². The summed E-state index contributed by atoms with van der Waals surface area (Å²) in [5.74, 6) is 0.912. The Morgan fingerprint density at radius 2 is 2.00 bits per heavy atom. The zero-order valence-corrected chi connectivity index (χ0v) is 12.9. The lowest BCUT2D eigenvalue weighted by Gasteiger charge is -1.99. The topological polar surface area (TPSA) is 57.3 Å². The van der Waals surface area contributed by atoms with E-state index >= 15 is 0 Å². The van der Waals surface area contributed by atoms with Crippen molar-refractivity contribution in [1.82, 2.24) is 9.78 Å². The number of furan rings is 1. The standard InChI is InChI=1S/C18H16N2O3/c1-13(10-18(21)22-2)16-8-9-17(23-16)14-11-19-20(12-14)15-6-4-3-5-7-15/h3-12H,1-2H3/b13-10+. The number of rotatable bonds is 4. The largest absolute Gasteiger partial charge is 0.466 e. The number of nitrogens with zero attached hydrogens (tertiary/aromatic N) is 2. The van der Waals surface area contributed by atoms with Gasteiger partial charge in [0.1, 0.15) is 11.5 Å². The van der Waals surface area contributed by atoms with Gasteiger partial charge in [-0.3, -0.25) is 0 Å². The van der Waals surface area contributed by atoms with Crippen molar-refractivity contribution < 1.29 is 13.9 Å². The van der Waals surface area contributed by atoms with Gasteiger partial charge in [0, 0.05) is 12.3 Å². The second kappa shape index (κ2) is 6.36. The monoisotopic (exact) mass is 308 g/mol. The van der Waals surface area contributed by atoms with Crippen LogP contribution in [0.5, 0.6) is 0 Å². The summed E-state index contributed by atoms with van der Waals surface area (Å²) >= 11 is 0. The number of methoxy groups -OCH3 is 1. The Kier molecular flexibility index (Phi) is 4.10. The van der Waals surface area contributed by atoms with Crippen LogP contribution >= 0.6 is 0 Å². The number of aromatic nitrogens is 2. The predicted molar refractivity (Wildman–Crippen MR) is 86.9 cm³/mol. The SMILES string of the molecule is COC(=O)/C=C(\C)c1ccc(-c2cnn(-c3ccccc3)c2)o1. The van der Waals surface area contributed by atoms with E-state index in [2.05, 4.69) is 9.84 Å². The normalized spacial score (nSPS) is 11.5. The summed E-state index contributed by atoms with van der Waals surface area (Å²) in [6, 6.07) is 13.5. The molecule has 5 nitrogen and oxygen atoms in total. The van der Waals surface area contributed by atoms with Crippen molar-refractivity contribution in [2.24, 2.45) is 0 Å². The van der Waals surface area contributed by atoms with Crippen LogP contribution in [0.4, 0.5) is 0 Å². The Hall–Kier alpha value is -3.08. The molecular weight excluding hydrogens is 292 g/mol. The van der Waals surface area contributed by atoms with Gasteiger partial charge >= 0.3 is 5.97 Å². The number of allylic oxidation sites excluding steroid dienone is 1. The maximum Gasteiger partial charge on any atom is 0.330 e. The zero-order valence-electron chi connectivity index (χ0n) is 12.9. The molecule has 0 bridgehead atoms. The Morgan fingerprint density at radius 1 is 1.22 bits per heavy atom. The summed E-state index contributed by atoms with van der Waals surface area (Å²) in [5.41, 5.74) is 2.55. The maximum absolute atomic E-state index is 11.3. The van der Waals surface area contributed by atoms with Gasteiger partial charge in [-0.25, -0.2) is 9.48 Å². The van der Waals surface area contributed by atoms with Crippen molar-refractivity contribution in [3.63, 3.8) is 0 Å². The van der Waals surface area contributed by atoms with Gasteiger partial charge in [-0.2, -0.15) is 5.10 Å². The fourth-order valence-corrected chi connectivity index (χ4v) is 2.18. The van der Waals surface area contributed by atoms with E-state index in [4.69, 9.17) is 4.42 Å². The van der Waals surface area contributed by atoms with Gasteiger partial charge in [0.25, 0.3) is 0 Å². The quantitative estimate of drug-likeness (QED) is 0.544. The molecule has 0 spiro atoms. The number of hydrogen-bond acceptors (Lipinski definition) is 4. The number of hydrogen-bond donors (Lipinski definition) is 0. The number of esters is 1. The molecule has 0 saturated carbocycles. The highest BCUT2D eigenvalue weighted by Crippen LogP contribution is 2.26. The van der Waals surface area contributed by atoms with Crippen LogP contribution in [-0.2, 0) is 9.53 Å². The molecule has 0 aliphatic rings. The van der Waals surface area contributed by atoms with Gasteiger partial charge in [-0.05, 0) is 36.8 Å². The summed E-state index contributed by atoms with van der Waals surface area (Å²) in [4.78, 5) is 11.3. The molecule has 3 aromatic rings. The molecule has 0 atom stereocenters. The first-order valence-electron chi connectivity index (χ1n) is 7.14. The molecule has 0 saturated heterocycles. The van der Waals surface area contributed by atoms with Crippen molar-refractivity contribution in [3.8, 4) is 17.0 Å². The third kappa shape index (κ3) is 3.23. The summed E-state index contributed by atoms with van der Waals surface area (Å²) < 4.78 is 12.2. The molecule has 0 fully saturated rings. The van der Waals surface area contributed by atoms with Crippen molar-refractivity contribution in [3.05, 3.63) is 66.7 Å². The Bertz CT molecular complexity index is 844. The molecule has 23 heavy (non-hydrogen) atoms. The second-order valence-corrected chi connectivity index (χ2v) is 5.02. The van der Waals surface area contributed by atoms with Gasteiger partial charge in [-0.1, -0.05) is 18.2 Å². The highest BCUT2D eigenvalue weighted by Gasteiger charge is 2.10. The smallest absolute Gasteiger partial charge is 0.330 e. The molecule has 0 N–H and O–H groups in total. The number of para-hydroxylation sites is 1. The molecule has 1 aromatic carbocycles. The highest BCUT2D eigenvalue weighted by molar-refractivity contribution is 5.90. The van der Waals surface area contributed by atoms with Gasteiger partial charge < -0.3 is 9.15 Å². The molecule has 2 heterocycles. The van der Waals surface area contributed by atoms with Crippen LogP contribution in [-0.4, -0.2) is 22.9 Å². The molecule has 0 amide bonds. The molecule has 0 unspecified atom stereocenters. The fraction of sp³-hybridized carbons (Fsp3) is 0.111. The average Bonchev–Trinajstić information content (AvgIpc) is 3.24. The summed E-state index contributed by atoms with van der Waals surface area (Å²) in [6.45, 7) is 1.80. The molecule has 3 rings (SSSR count). The van der Waals surface area contributed by atoms with E-state index in [0.717, 1.165) is 11.3 Å². The number of carbonyl (C=O) groups excluding carboxylic acids is 1. The van der Waals surface area contributed by atoms with Crippen molar-refractivity contribution in [2.45, 2.75) is 6.92 Å². The van der Waals surface area contributed by atoms with Crippen LogP contribution in [0.1, 0.15) is 12.7 Å². The van der Waals surface area contributed by atoms with Gasteiger partial charge in [0.2, 0.25) is 0 Å². The van der Waals surface area contributed by atoms with Crippen LogP contribution in [0.3, 0.4) is 0 Å². The van der Waals surface area contributed by atoms with E-state index in [1.165, 1.54) is 13.2 Å². The van der Waals surface area contributed by atoms with E-state index in [1.807, 2.05) is 48.7 Å². The lowest BCUT2D eigenvalue weighted by Crippen LogP contribution is -1.95. The van der Waals surface area contributed by atoms with Gasteiger partial charge in [0.05, 0.1) is 24.6 Å². The second-order valence-electron chi connectivity index (χ2n) is 5.02. The number of benzene rings is 1. The number of ether oxygens (including phenoxy) is 1. The molecule has 116 valence electrons. The minimum Gasteiger partial charge on any atom is -0.466 e. The molecule has 0 radical (unpaired) electrons. The van der Waals surface area contributed by atoms with E-state index in [9.17, 15) is 4.79 Å². The van der Waals surface area contributed by atoms with E-state index < -0.39 is 5.97 Å². The highest BCUT2D eigenvalue weighted by atomic mass is 16.5. The van der Waals surface area contributed by atoms with Crippen LogP contribution in [0, 0.1) is 0 Å². The summed E-state index contributed by atoms with van der Waals surface area (Å²) in [6.07, 6.45) is 5.04. The molecular formula is C18H16N2O3. The lowest BCUT2D eigenvalue weighted by molar-refractivity contribution is -0.134. The fourth-order valence-electron chi connectivity index (χ4n) is 2.18. The van der Waals surface area contributed by atoms with Crippen LogP contribution in [0.25, 0.3) is 22.6 Å². The van der Waals surface area contributed by atoms with E-state index in [-0.39, 0.29) is 0 Å². The summed E-state index contributed by atoms with van der Waals surface area (Å²) in [5, 5.41) is 4.35. The Balaban J connectivity index is 1.85. The molecule has 0 aliphatic heterocycles. The first-order chi connectivity index (χ1) is 11.2. The zero-order chi connectivity index (χ0) is 16.2. The molecule has 0 aliphatic carbocycles. The first kappa shape index (κ1) is 14.8. The van der Waals surface area contributed by atoms with Gasteiger partial charge in [0.15, 0.2) is 0 Å². The van der Waals surface area contributed by atoms with Crippen molar-refractivity contribution in [2.75, 3.05) is 7.11 Å². The Morgan fingerprint density at radius 3 is 2.74 bits per heavy atom. The minimum atomic E-state index is -0.405. The Labute approximate surface area is 133 Å². The van der Waals surface area contributed by atoms with E-state index in [0.29, 0.717) is 17.1 Å². The number of carbonyl (C=O) groups is 1. The average molecular weight is 308 g/mol. The lowest BCUT2D eigenvalue weighted by atomic mass is 10.2. The van der Waals surface area contributed by atoms with Crippen molar-refractivity contribution in [1.29, 1.82) is 0 Å². The molecule has 2 aromatic heterocycles. The van der Waals surface area contributed by atoms with Crippen molar-refractivity contribution >= 4 is 11.5 Å².